The number of rotatable bonds is 8. The number of anilines is 2. The smallest absolute Gasteiger partial charge is 0.238 e. The van der Waals surface area contributed by atoms with E-state index < -0.39 is 0 Å². The first-order valence-corrected chi connectivity index (χ1v) is 19.7. The van der Waals surface area contributed by atoms with Crippen molar-refractivity contribution in [3.05, 3.63) is 106 Å². The number of para-hydroxylation sites is 2. The zero-order chi connectivity index (χ0) is 41.7. The normalized spacial score (nSPS) is 12.9. The van der Waals surface area contributed by atoms with Crippen molar-refractivity contribution < 1.29 is 9.59 Å². The average molecular weight is 775 g/mol. The van der Waals surface area contributed by atoms with Gasteiger partial charge in [0.25, 0.3) is 0 Å². The monoisotopic (exact) mass is 774 g/mol. The fourth-order valence-electron chi connectivity index (χ4n) is 7.90. The predicted octanol–water partition coefficient (Wildman–Crippen LogP) is 9.78. The molecule has 2 amide bonds. The van der Waals surface area contributed by atoms with Crippen molar-refractivity contribution in [2.24, 2.45) is 0 Å². The quantitative estimate of drug-likeness (QED) is 0.125. The van der Waals surface area contributed by atoms with E-state index in [1.54, 1.807) is 0 Å². The molecule has 0 saturated carbocycles. The Morgan fingerprint density at radius 2 is 0.914 bits per heavy atom. The second kappa shape index (κ2) is 15.7. The van der Waals surface area contributed by atoms with Crippen molar-refractivity contribution >= 4 is 67.5 Å². The van der Waals surface area contributed by atoms with Gasteiger partial charge in [0.2, 0.25) is 11.8 Å². The maximum Gasteiger partial charge on any atom is 0.238 e. The van der Waals surface area contributed by atoms with Crippen molar-refractivity contribution in [1.29, 1.82) is 0 Å². The predicted molar refractivity (Wildman–Crippen MR) is 242 cm³/mol. The number of amides is 2. The van der Waals surface area contributed by atoms with Crippen LogP contribution in [0.15, 0.2) is 60.7 Å². The van der Waals surface area contributed by atoms with Crippen LogP contribution >= 0.6 is 0 Å². The molecule has 0 saturated heterocycles. The minimum Gasteiger partial charge on any atom is -0.354 e. The van der Waals surface area contributed by atoms with Gasteiger partial charge in [-0.3, -0.25) is 9.59 Å². The van der Waals surface area contributed by atoms with Crippen molar-refractivity contribution in [2.75, 3.05) is 51.9 Å². The topological polar surface area (TPSA) is 122 Å². The summed E-state index contributed by atoms with van der Waals surface area (Å²) in [6.45, 7) is 17.6. The number of aromatic amines is 2. The zero-order valence-corrected chi connectivity index (χ0v) is 35.8. The van der Waals surface area contributed by atoms with Gasteiger partial charge in [0.1, 0.15) is 0 Å². The lowest BCUT2D eigenvalue weighted by atomic mass is 9.93. The van der Waals surface area contributed by atoms with E-state index in [9.17, 15) is 9.59 Å². The standard InChI is InChI=1S/C48H54N8O2/c1-25-29(5)45-43(33-17-13-15-19-35(33)49-41(57)23-55(9)10)46-31(7)27(3)39(53-46)22-40-28(4)32(8)48(54-40)44(47-30(6)26(2)38(52-47)21-37(25)51-45)34-18-14-16-20-36(34)50-42(58)24-56(11)12/h13-22,51,53H,23-24H2,1-12H3,(H,49,57)(H,50,58). The number of nitrogens with one attached hydrogen (secondary N) is 4. The summed E-state index contributed by atoms with van der Waals surface area (Å²) in [6, 6.07) is 20.2. The lowest BCUT2D eigenvalue weighted by molar-refractivity contribution is -0.117. The lowest BCUT2D eigenvalue weighted by Crippen LogP contribution is -2.27. The molecule has 58 heavy (non-hydrogen) atoms. The minimum atomic E-state index is -0.0995. The summed E-state index contributed by atoms with van der Waals surface area (Å²) in [5.74, 6) is -0.187. The maximum atomic E-state index is 13.2. The Morgan fingerprint density at radius 1 is 0.534 bits per heavy atom. The summed E-state index contributed by atoms with van der Waals surface area (Å²) in [7, 11) is 7.55. The molecule has 4 N–H and O–H groups in total. The highest BCUT2D eigenvalue weighted by atomic mass is 16.2. The third-order valence-electron chi connectivity index (χ3n) is 11.7. The van der Waals surface area contributed by atoms with E-state index in [2.05, 4.69) is 94.2 Å². The maximum absolute atomic E-state index is 13.2. The molecule has 5 heterocycles. The van der Waals surface area contributed by atoms with Crippen LogP contribution in [0.3, 0.4) is 0 Å². The molecule has 10 heteroatoms. The highest BCUT2D eigenvalue weighted by Gasteiger charge is 2.27. The Morgan fingerprint density at radius 3 is 1.31 bits per heavy atom. The van der Waals surface area contributed by atoms with Crippen LogP contribution in [0, 0.1) is 27.7 Å². The molecule has 0 fully saturated rings. The van der Waals surface area contributed by atoms with Gasteiger partial charge in [-0.15, -0.1) is 0 Å². The highest BCUT2D eigenvalue weighted by Crippen LogP contribution is 2.45. The number of benzene rings is 2. The lowest BCUT2D eigenvalue weighted by Gasteiger charge is -2.16. The van der Waals surface area contributed by atoms with Gasteiger partial charge >= 0.3 is 0 Å². The Labute approximate surface area is 341 Å². The number of allylic oxidation sites excluding steroid dienone is 4. The molecule has 7 rings (SSSR count). The highest BCUT2D eigenvalue weighted by molar-refractivity contribution is 6.07. The number of hydrogen-bond acceptors (Lipinski definition) is 6. The van der Waals surface area contributed by atoms with Crippen molar-refractivity contribution in [1.82, 2.24) is 29.7 Å². The molecule has 0 unspecified atom stereocenters. The molecule has 0 spiro atoms. The third-order valence-corrected chi connectivity index (χ3v) is 11.7. The average Bonchev–Trinajstić information content (AvgIpc) is 3.80. The zero-order valence-electron chi connectivity index (χ0n) is 35.8. The summed E-state index contributed by atoms with van der Waals surface area (Å²) in [5.41, 5.74) is 20.8. The number of fused-ring (bicyclic) bond motifs is 8. The first-order chi connectivity index (χ1) is 27.5. The van der Waals surface area contributed by atoms with E-state index in [1.807, 2.05) is 80.5 Å². The van der Waals surface area contributed by atoms with Crippen LogP contribution in [0.25, 0.3) is 66.6 Å². The summed E-state index contributed by atoms with van der Waals surface area (Å²) in [6.07, 6.45) is 0. The largest absolute Gasteiger partial charge is 0.354 e. The van der Waals surface area contributed by atoms with Gasteiger partial charge in [-0.1, -0.05) is 36.4 Å². The number of aromatic nitrogens is 4. The molecule has 0 atom stereocenters. The number of H-pyrrole nitrogens is 2. The van der Waals surface area contributed by atoms with E-state index in [-0.39, 0.29) is 24.9 Å². The fourth-order valence-corrected chi connectivity index (χ4v) is 7.90. The molecule has 0 radical (unpaired) electrons. The fraction of sp³-hybridized carbons (Fsp3) is 0.292. The summed E-state index contributed by atoms with van der Waals surface area (Å²) in [5, 5.41) is 6.39. The number of carbonyl (C=O) groups is 2. The molecule has 5 aromatic rings. The van der Waals surface area contributed by atoms with Crippen LogP contribution in [0.2, 0.25) is 0 Å². The second-order valence-corrected chi connectivity index (χ2v) is 16.2. The molecule has 2 aliphatic rings. The molecule has 2 aliphatic heterocycles. The van der Waals surface area contributed by atoms with Crippen LogP contribution in [0.5, 0.6) is 0 Å². The van der Waals surface area contributed by atoms with Crippen molar-refractivity contribution in [3.63, 3.8) is 0 Å². The molecular formula is C48H54N8O2. The number of hydrogen-bond donors (Lipinski definition) is 4. The molecule has 3 aromatic heterocycles. The SMILES string of the molecule is CC1=C(C)c2nc1cc1[nH]c(c(C)c1C)c(-c1ccccc1NC(=O)CN(C)C)c1[nH]c(cc3nc(c2-c2ccccc2NC(=O)CN(C)C)C(C)=C3C)c(C)c1C. The van der Waals surface area contributed by atoms with E-state index in [1.165, 1.54) is 0 Å². The number of carbonyl (C=O) groups excluding carboxylic acids is 2. The molecule has 2 aromatic carbocycles. The van der Waals surface area contributed by atoms with Crippen LogP contribution in [0.4, 0.5) is 11.4 Å². The Balaban J connectivity index is 1.63. The van der Waals surface area contributed by atoms with Gasteiger partial charge in [-0.05, 0) is 152 Å². The summed E-state index contributed by atoms with van der Waals surface area (Å²) >= 11 is 0. The van der Waals surface area contributed by atoms with Gasteiger partial charge in [0, 0.05) is 44.7 Å². The minimum absolute atomic E-state index is 0.0873. The van der Waals surface area contributed by atoms with Gasteiger partial charge < -0.3 is 30.4 Å². The van der Waals surface area contributed by atoms with Crippen LogP contribution in [-0.4, -0.2) is 82.8 Å². The molecule has 298 valence electrons. The second-order valence-electron chi connectivity index (χ2n) is 16.2. The first kappa shape index (κ1) is 40.1. The Kier molecular flexibility index (Phi) is 10.8. The molecule has 8 bridgehead atoms. The van der Waals surface area contributed by atoms with Crippen molar-refractivity contribution in [2.45, 2.75) is 55.4 Å². The summed E-state index contributed by atoms with van der Waals surface area (Å²) < 4.78 is 0. The van der Waals surface area contributed by atoms with Gasteiger partial charge in [0.05, 0.1) is 46.9 Å². The number of aryl methyl sites for hydroxylation is 4. The first-order valence-electron chi connectivity index (χ1n) is 19.7. The van der Waals surface area contributed by atoms with Crippen LogP contribution in [-0.2, 0) is 9.59 Å². The Bertz CT molecular complexity index is 2640. The molecule has 10 nitrogen and oxygen atoms in total. The van der Waals surface area contributed by atoms with Gasteiger partial charge in [-0.25, -0.2) is 9.97 Å². The third kappa shape index (κ3) is 7.29. The Hall–Kier alpha value is -6.10. The molecular weight excluding hydrogens is 721 g/mol. The van der Waals surface area contributed by atoms with Crippen LogP contribution in [0.1, 0.15) is 72.7 Å². The van der Waals surface area contributed by atoms with E-state index in [0.717, 1.165) is 117 Å². The van der Waals surface area contributed by atoms with E-state index in [0.29, 0.717) is 5.69 Å². The van der Waals surface area contributed by atoms with Gasteiger partial charge in [-0.2, -0.15) is 0 Å². The van der Waals surface area contributed by atoms with Crippen LogP contribution < -0.4 is 10.6 Å². The molecule has 0 aliphatic carbocycles. The number of nitrogens with zero attached hydrogens (tertiary/aromatic N) is 4. The number of likely N-dealkylation sites (N-methyl/N-ethyl adjacent to an activating group) is 2. The van der Waals surface area contributed by atoms with E-state index >= 15 is 0 Å². The summed E-state index contributed by atoms with van der Waals surface area (Å²) in [4.78, 5) is 48.7. The van der Waals surface area contributed by atoms with Crippen molar-refractivity contribution in [3.8, 4) is 22.3 Å². The van der Waals surface area contributed by atoms with E-state index in [4.69, 9.17) is 9.97 Å². The van der Waals surface area contributed by atoms with Gasteiger partial charge in [0.15, 0.2) is 0 Å².